The number of hydrogen-bond acceptors (Lipinski definition) is 3. The van der Waals surface area contributed by atoms with E-state index in [0.29, 0.717) is 5.54 Å². The average Bonchev–Trinajstić information content (AvgIpc) is 2.32. The van der Waals surface area contributed by atoms with Gasteiger partial charge in [-0.1, -0.05) is 19.3 Å². The van der Waals surface area contributed by atoms with Gasteiger partial charge in [-0.2, -0.15) is 0 Å². The Kier molecular flexibility index (Phi) is 4.11. The lowest BCUT2D eigenvalue weighted by Gasteiger charge is -2.53. The number of rotatable bonds is 3. The highest BCUT2D eigenvalue weighted by Gasteiger charge is 2.42. The quantitative estimate of drug-likeness (QED) is 0.817. The molecular formula is C14H28N2O. The normalized spacial score (nSPS) is 28.4. The third kappa shape index (κ3) is 3.01. The van der Waals surface area contributed by atoms with Gasteiger partial charge in [-0.15, -0.1) is 0 Å². The second-order valence-corrected chi connectivity index (χ2v) is 6.42. The van der Waals surface area contributed by atoms with E-state index in [4.69, 9.17) is 4.74 Å². The first-order valence-corrected chi connectivity index (χ1v) is 7.07. The van der Waals surface area contributed by atoms with Crippen LogP contribution in [0.2, 0.25) is 0 Å². The van der Waals surface area contributed by atoms with Crippen molar-refractivity contribution in [1.29, 1.82) is 0 Å². The standard InChI is InChI=1S/C14H28N2O/c1-13(2)11-15-14(7-5-4-6-8-14)12-16(13)9-10-17-3/h15H,4-12H2,1-3H3. The van der Waals surface area contributed by atoms with Crippen molar-refractivity contribution in [1.82, 2.24) is 10.2 Å². The summed E-state index contributed by atoms with van der Waals surface area (Å²) in [5.41, 5.74) is 0.669. The molecule has 0 aromatic heterocycles. The van der Waals surface area contributed by atoms with Gasteiger partial charge in [0.1, 0.15) is 0 Å². The van der Waals surface area contributed by atoms with Gasteiger partial charge in [0, 0.05) is 37.8 Å². The Hall–Kier alpha value is -0.120. The molecule has 0 amide bonds. The molecule has 1 saturated heterocycles. The van der Waals surface area contributed by atoms with Crippen LogP contribution in [-0.2, 0) is 4.74 Å². The first-order chi connectivity index (χ1) is 8.08. The highest BCUT2D eigenvalue weighted by Crippen LogP contribution is 2.34. The summed E-state index contributed by atoms with van der Waals surface area (Å²) in [7, 11) is 1.80. The maximum absolute atomic E-state index is 5.25. The van der Waals surface area contributed by atoms with Crippen LogP contribution in [0.4, 0.5) is 0 Å². The topological polar surface area (TPSA) is 24.5 Å². The molecule has 1 N–H and O–H groups in total. The Morgan fingerprint density at radius 2 is 1.88 bits per heavy atom. The second-order valence-electron chi connectivity index (χ2n) is 6.42. The zero-order valence-electron chi connectivity index (χ0n) is 11.7. The molecule has 2 rings (SSSR count). The molecule has 0 aromatic rings. The van der Waals surface area contributed by atoms with E-state index in [1.807, 2.05) is 0 Å². The highest BCUT2D eigenvalue weighted by atomic mass is 16.5. The summed E-state index contributed by atoms with van der Waals surface area (Å²) in [6, 6.07) is 0. The molecule has 1 aliphatic heterocycles. The van der Waals surface area contributed by atoms with E-state index in [1.54, 1.807) is 7.11 Å². The summed E-state index contributed by atoms with van der Waals surface area (Å²) in [6.45, 7) is 8.89. The van der Waals surface area contributed by atoms with Crippen LogP contribution < -0.4 is 5.32 Å². The molecule has 17 heavy (non-hydrogen) atoms. The average molecular weight is 240 g/mol. The molecule has 2 aliphatic rings. The van der Waals surface area contributed by atoms with Crippen molar-refractivity contribution in [3.63, 3.8) is 0 Å². The van der Waals surface area contributed by atoms with Crippen LogP contribution in [0.15, 0.2) is 0 Å². The van der Waals surface area contributed by atoms with Gasteiger partial charge in [0.15, 0.2) is 0 Å². The predicted molar refractivity (Wildman–Crippen MR) is 71.3 cm³/mol. The fourth-order valence-corrected chi connectivity index (χ4v) is 3.30. The number of nitrogens with zero attached hydrogens (tertiary/aromatic N) is 1. The van der Waals surface area contributed by atoms with Gasteiger partial charge in [-0.25, -0.2) is 0 Å². The third-order valence-electron chi connectivity index (χ3n) is 4.62. The Balaban J connectivity index is 2.00. The fraction of sp³-hybridized carbons (Fsp3) is 1.00. The zero-order valence-corrected chi connectivity index (χ0v) is 11.7. The van der Waals surface area contributed by atoms with Crippen LogP contribution in [0.1, 0.15) is 46.0 Å². The third-order valence-corrected chi connectivity index (χ3v) is 4.62. The molecule has 0 radical (unpaired) electrons. The molecule has 0 bridgehead atoms. The van der Waals surface area contributed by atoms with Gasteiger partial charge in [0.25, 0.3) is 0 Å². The maximum Gasteiger partial charge on any atom is 0.0589 e. The van der Waals surface area contributed by atoms with Crippen molar-refractivity contribution in [3.8, 4) is 0 Å². The molecule has 0 unspecified atom stereocenters. The van der Waals surface area contributed by atoms with Crippen molar-refractivity contribution in [3.05, 3.63) is 0 Å². The molecule has 2 fully saturated rings. The fourth-order valence-electron chi connectivity index (χ4n) is 3.30. The van der Waals surface area contributed by atoms with E-state index in [2.05, 4.69) is 24.1 Å². The Bertz CT molecular complexity index is 247. The minimum absolute atomic E-state index is 0.265. The second kappa shape index (κ2) is 5.25. The van der Waals surface area contributed by atoms with E-state index in [9.17, 15) is 0 Å². The van der Waals surface area contributed by atoms with Gasteiger partial charge >= 0.3 is 0 Å². The molecule has 3 nitrogen and oxygen atoms in total. The van der Waals surface area contributed by atoms with Gasteiger partial charge < -0.3 is 10.1 Å². The summed E-state index contributed by atoms with van der Waals surface area (Å²) >= 11 is 0. The van der Waals surface area contributed by atoms with Crippen LogP contribution in [-0.4, -0.2) is 49.3 Å². The summed E-state index contributed by atoms with van der Waals surface area (Å²) in [4.78, 5) is 2.62. The van der Waals surface area contributed by atoms with Gasteiger partial charge in [0.05, 0.1) is 6.61 Å². The zero-order chi connectivity index (χ0) is 12.4. The first kappa shape index (κ1) is 13.3. The van der Waals surface area contributed by atoms with Crippen molar-refractivity contribution in [2.45, 2.75) is 57.0 Å². The number of nitrogens with one attached hydrogen (secondary N) is 1. The van der Waals surface area contributed by atoms with E-state index in [-0.39, 0.29) is 5.54 Å². The first-order valence-electron chi connectivity index (χ1n) is 7.07. The minimum atomic E-state index is 0.265. The summed E-state index contributed by atoms with van der Waals surface area (Å²) in [5.74, 6) is 0. The van der Waals surface area contributed by atoms with Crippen molar-refractivity contribution >= 4 is 0 Å². The largest absolute Gasteiger partial charge is 0.383 e. The molecule has 1 spiro atoms. The highest BCUT2D eigenvalue weighted by molar-refractivity contribution is 5.02. The molecule has 1 aliphatic carbocycles. The van der Waals surface area contributed by atoms with Gasteiger partial charge in [-0.05, 0) is 26.7 Å². The number of hydrogen-bond donors (Lipinski definition) is 1. The van der Waals surface area contributed by atoms with Crippen molar-refractivity contribution in [2.75, 3.05) is 33.4 Å². The summed E-state index contributed by atoms with van der Waals surface area (Å²) in [6.07, 6.45) is 6.92. The van der Waals surface area contributed by atoms with Gasteiger partial charge in [0.2, 0.25) is 0 Å². The van der Waals surface area contributed by atoms with E-state index in [0.717, 1.165) is 19.7 Å². The molecule has 100 valence electrons. The van der Waals surface area contributed by atoms with E-state index in [1.165, 1.54) is 38.6 Å². The summed E-state index contributed by atoms with van der Waals surface area (Å²) in [5, 5.41) is 3.85. The number of ether oxygens (including phenoxy) is 1. The van der Waals surface area contributed by atoms with Crippen LogP contribution in [0.25, 0.3) is 0 Å². The van der Waals surface area contributed by atoms with Crippen molar-refractivity contribution < 1.29 is 4.74 Å². The number of piperazine rings is 1. The molecular weight excluding hydrogens is 212 g/mol. The number of methoxy groups -OCH3 is 1. The van der Waals surface area contributed by atoms with E-state index < -0.39 is 0 Å². The van der Waals surface area contributed by atoms with E-state index >= 15 is 0 Å². The lowest BCUT2D eigenvalue weighted by atomic mass is 9.78. The molecule has 0 atom stereocenters. The van der Waals surface area contributed by atoms with Crippen LogP contribution in [0.5, 0.6) is 0 Å². The Morgan fingerprint density at radius 3 is 2.53 bits per heavy atom. The van der Waals surface area contributed by atoms with Gasteiger partial charge in [-0.3, -0.25) is 4.90 Å². The lowest BCUT2D eigenvalue weighted by molar-refractivity contribution is -0.00355. The Labute approximate surface area is 106 Å². The smallest absolute Gasteiger partial charge is 0.0589 e. The summed E-state index contributed by atoms with van der Waals surface area (Å²) < 4.78 is 5.25. The van der Waals surface area contributed by atoms with Crippen LogP contribution >= 0.6 is 0 Å². The molecule has 0 aromatic carbocycles. The minimum Gasteiger partial charge on any atom is -0.383 e. The SMILES string of the molecule is COCCN1CC2(CCCCC2)NCC1(C)C. The van der Waals surface area contributed by atoms with Crippen molar-refractivity contribution in [2.24, 2.45) is 0 Å². The molecule has 1 heterocycles. The Morgan fingerprint density at radius 1 is 1.18 bits per heavy atom. The van der Waals surface area contributed by atoms with Crippen LogP contribution in [0.3, 0.4) is 0 Å². The molecule has 3 heteroatoms. The predicted octanol–water partition coefficient (Wildman–Crippen LogP) is 2.02. The maximum atomic E-state index is 5.25. The monoisotopic (exact) mass is 240 g/mol. The van der Waals surface area contributed by atoms with Crippen LogP contribution in [0, 0.1) is 0 Å². The molecule has 1 saturated carbocycles. The lowest BCUT2D eigenvalue weighted by Crippen LogP contribution is -2.68.